The van der Waals surface area contributed by atoms with E-state index >= 15 is 0 Å². The third-order valence-corrected chi connectivity index (χ3v) is 7.69. The van der Waals surface area contributed by atoms with Crippen molar-refractivity contribution in [3.05, 3.63) is 115 Å². The van der Waals surface area contributed by atoms with Crippen molar-refractivity contribution in [3.63, 3.8) is 0 Å². The molecule has 0 unspecified atom stereocenters. The number of hydrogen-bond donors (Lipinski definition) is 1. The van der Waals surface area contributed by atoms with Crippen molar-refractivity contribution in [2.75, 3.05) is 0 Å². The Morgan fingerprint density at radius 1 is 0.611 bits per heavy atom. The fourth-order valence-corrected chi connectivity index (χ4v) is 5.89. The highest BCUT2D eigenvalue weighted by Crippen LogP contribution is 2.41. The van der Waals surface area contributed by atoms with Gasteiger partial charge in [0, 0.05) is 22.7 Å². The maximum atomic E-state index is 10.4. The molecule has 0 aliphatic heterocycles. The van der Waals surface area contributed by atoms with E-state index < -0.39 is 0 Å². The molecule has 0 bridgehead atoms. The van der Waals surface area contributed by atoms with Gasteiger partial charge in [-0.25, -0.2) is 4.98 Å². The molecule has 7 aromatic rings. The van der Waals surface area contributed by atoms with Crippen LogP contribution in [-0.2, 0) is 0 Å². The van der Waals surface area contributed by atoms with Gasteiger partial charge in [-0.05, 0) is 58.1 Å². The Bertz CT molecular complexity index is 1920. The van der Waals surface area contributed by atoms with Gasteiger partial charge in [-0.1, -0.05) is 72.8 Å². The summed E-state index contributed by atoms with van der Waals surface area (Å²) in [5.74, 6) is 0.243. The van der Waals surface area contributed by atoms with Gasteiger partial charge in [0.25, 0.3) is 0 Å². The summed E-state index contributed by atoms with van der Waals surface area (Å²) < 4.78 is 1.09. The Hall–Kier alpha value is -4.54. The lowest BCUT2D eigenvalue weighted by atomic mass is 9.93. The van der Waals surface area contributed by atoms with Crippen molar-refractivity contribution in [2.45, 2.75) is 0 Å². The van der Waals surface area contributed by atoms with Gasteiger partial charge in [0.2, 0.25) is 0 Å². The second kappa shape index (κ2) is 8.29. The van der Waals surface area contributed by atoms with Crippen molar-refractivity contribution in [3.8, 4) is 38.7 Å². The van der Waals surface area contributed by atoms with E-state index in [1.165, 1.54) is 10.8 Å². The van der Waals surface area contributed by atoms with E-state index in [4.69, 9.17) is 9.97 Å². The molecule has 0 atom stereocenters. The van der Waals surface area contributed by atoms with Crippen LogP contribution in [0, 0.1) is 0 Å². The minimum Gasteiger partial charge on any atom is -0.507 e. The molecule has 3 nitrogen and oxygen atoms in total. The highest BCUT2D eigenvalue weighted by atomic mass is 32.1. The maximum absolute atomic E-state index is 10.4. The van der Waals surface area contributed by atoms with Crippen LogP contribution in [0.3, 0.4) is 0 Å². The van der Waals surface area contributed by atoms with E-state index in [0.29, 0.717) is 0 Å². The lowest BCUT2D eigenvalue weighted by molar-refractivity contribution is 0.477. The number of pyridine rings is 1. The van der Waals surface area contributed by atoms with Gasteiger partial charge in [-0.3, -0.25) is 4.98 Å². The van der Waals surface area contributed by atoms with Gasteiger partial charge in [-0.15, -0.1) is 11.3 Å². The largest absolute Gasteiger partial charge is 0.507 e. The smallest absolute Gasteiger partial charge is 0.128 e. The van der Waals surface area contributed by atoms with Crippen molar-refractivity contribution in [1.29, 1.82) is 0 Å². The van der Waals surface area contributed by atoms with E-state index in [-0.39, 0.29) is 5.75 Å². The molecule has 36 heavy (non-hydrogen) atoms. The normalized spacial score (nSPS) is 11.4. The molecule has 170 valence electrons. The molecule has 0 saturated carbocycles. The minimum atomic E-state index is 0.243. The first kappa shape index (κ1) is 20.8. The third kappa shape index (κ3) is 3.43. The topological polar surface area (TPSA) is 46.0 Å². The number of phenolic OH excluding ortho intramolecular Hbond substituents is 1. The minimum absolute atomic E-state index is 0.243. The number of rotatable bonds is 3. The van der Waals surface area contributed by atoms with E-state index in [0.717, 1.165) is 53.9 Å². The van der Waals surface area contributed by atoms with Crippen molar-refractivity contribution >= 4 is 43.1 Å². The van der Waals surface area contributed by atoms with Crippen molar-refractivity contribution in [2.24, 2.45) is 0 Å². The highest BCUT2D eigenvalue weighted by molar-refractivity contribution is 7.21. The SMILES string of the molecule is Oc1ccccc1-c1nc2c(-c3cc(-c4cc5ccccc5cn4)cc4ccccc34)cccc2s1. The molecular formula is C32H20N2OS. The Labute approximate surface area is 212 Å². The van der Waals surface area contributed by atoms with Crippen LogP contribution >= 0.6 is 11.3 Å². The summed E-state index contributed by atoms with van der Waals surface area (Å²) in [7, 11) is 0. The molecular weight excluding hydrogens is 460 g/mol. The molecule has 4 heteroatoms. The fraction of sp³-hybridized carbons (Fsp3) is 0. The standard InChI is InChI=1S/C32H20N2OS/c35-29-14-6-5-12-26(29)32-34-31-25(13-7-15-30(31)36-32)27-17-23(16-21-9-3-4-11-24(21)27)28-18-20-8-1-2-10-22(20)19-33-28/h1-19,35H. The highest BCUT2D eigenvalue weighted by Gasteiger charge is 2.16. The number of fused-ring (bicyclic) bond motifs is 3. The van der Waals surface area contributed by atoms with Crippen LogP contribution in [0.15, 0.2) is 115 Å². The third-order valence-electron chi connectivity index (χ3n) is 6.63. The molecule has 1 N–H and O–H groups in total. The number of benzene rings is 5. The zero-order chi connectivity index (χ0) is 24.1. The number of aromatic nitrogens is 2. The Morgan fingerprint density at radius 3 is 2.25 bits per heavy atom. The number of aromatic hydroxyl groups is 1. The van der Waals surface area contributed by atoms with Crippen LogP contribution in [0.1, 0.15) is 0 Å². The Balaban J connectivity index is 1.47. The van der Waals surface area contributed by atoms with Crippen molar-refractivity contribution in [1.82, 2.24) is 9.97 Å². The van der Waals surface area contributed by atoms with Crippen LogP contribution in [0.5, 0.6) is 5.75 Å². The van der Waals surface area contributed by atoms with Crippen molar-refractivity contribution < 1.29 is 5.11 Å². The van der Waals surface area contributed by atoms with E-state index in [9.17, 15) is 5.11 Å². The molecule has 0 amide bonds. The molecule has 0 saturated heterocycles. The molecule has 0 fully saturated rings. The summed E-state index contributed by atoms with van der Waals surface area (Å²) in [5.41, 5.74) is 5.91. The summed E-state index contributed by atoms with van der Waals surface area (Å²) in [6.45, 7) is 0. The summed E-state index contributed by atoms with van der Waals surface area (Å²) in [5, 5.41) is 15.9. The van der Waals surface area contributed by atoms with E-state index in [2.05, 4.69) is 78.9 Å². The summed E-state index contributed by atoms with van der Waals surface area (Å²) in [6.07, 6.45) is 1.94. The molecule has 5 aromatic carbocycles. The van der Waals surface area contributed by atoms with Crippen LogP contribution in [0.25, 0.3) is 64.7 Å². The van der Waals surface area contributed by atoms with Crippen LogP contribution in [0.4, 0.5) is 0 Å². The number of thiazole rings is 1. The number of phenols is 1. The predicted octanol–water partition coefficient (Wildman–Crippen LogP) is 8.70. The maximum Gasteiger partial charge on any atom is 0.128 e. The average Bonchev–Trinajstić information content (AvgIpc) is 3.37. The summed E-state index contributed by atoms with van der Waals surface area (Å²) in [4.78, 5) is 9.81. The first-order valence-electron chi connectivity index (χ1n) is 11.8. The van der Waals surface area contributed by atoms with E-state index in [1.54, 1.807) is 17.4 Å². The van der Waals surface area contributed by atoms with Gasteiger partial charge in [0.05, 0.1) is 21.5 Å². The van der Waals surface area contributed by atoms with Crippen LogP contribution < -0.4 is 0 Å². The lowest BCUT2D eigenvalue weighted by Crippen LogP contribution is -1.89. The predicted molar refractivity (Wildman–Crippen MR) is 150 cm³/mol. The van der Waals surface area contributed by atoms with Crippen LogP contribution in [-0.4, -0.2) is 15.1 Å². The Kier molecular flexibility index (Phi) is 4.79. The molecule has 2 aromatic heterocycles. The molecule has 7 rings (SSSR count). The van der Waals surface area contributed by atoms with Gasteiger partial charge in [-0.2, -0.15) is 0 Å². The summed E-state index contributed by atoms with van der Waals surface area (Å²) >= 11 is 1.60. The lowest BCUT2D eigenvalue weighted by Gasteiger charge is -2.12. The molecule has 0 aliphatic rings. The molecule has 0 aliphatic carbocycles. The number of hydrogen-bond acceptors (Lipinski definition) is 4. The zero-order valence-corrected chi connectivity index (χ0v) is 20.0. The van der Waals surface area contributed by atoms with Gasteiger partial charge >= 0.3 is 0 Å². The monoisotopic (exact) mass is 480 g/mol. The first-order valence-corrected chi connectivity index (χ1v) is 12.6. The molecule has 0 spiro atoms. The van der Waals surface area contributed by atoms with Gasteiger partial charge in [0.1, 0.15) is 10.8 Å². The number of nitrogens with zero attached hydrogens (tertiary/aromatic N) is 2. The van der Waals surface area contributed by atoms with Gasteiger partial charge < -0.3 is 5.11 Å². The molecule has 0 radical (unpaired) electrons. The van der Waals surface area contributed by atoms with Gasteiger partial charge in [0.15, 0.2) is 0 Å². The second-order valence-corrected chi connectivity index (χ2v) is 9.88. The Morgan fingerprint density at radius 2 is 1.36 bits per heavy atom. The number of para-hydroxylation sites is 2. The zero-order valence-electron chi connectivity index (χ0n) is 19.2. The average molecular weight is 481 g/mol. The van der Waals surface area contributed by atoms with Crippen LogP contribution in [0.2, 0.25) is 0 Å². The fourth-order valence-electron chi connectivity index (χ4n) is 4.86. The quantitative estimate of drug-likeness (QED) is 0.275. The second-order valence-electron chi connectivity index (χ2n) is 8.85. The summed E-state index contributed by atoms with van der Waals surface area (Å²) in [6, 6.07) is 37.1. The molecule has 2 heterocycles. The van der Waals surface area contributed by atoms with E-state index in [1.807, 2.05) is 30.5 Å². The first-order chi connectivity index (χ1) is 17.7.